The molecule has 7 heterocycles. The second kappa shape index (κ2) is 11.4. The van der Waals surface area contributed by atoms with Crippen molar-refractivity contribution in [2.75, 3.05) is 44.3 Å². The predicted octanol–water partition coefficient (Wildman–Crippen LogP) is 5.26. The molecule has 2 N–H and O–H groups in total. The molecule has 2 aromatic carbocycles. The lowest BCUT2D eigenvalue weighted by atomic mass is 9.88. The third-order valence-corrected chi connectivity index (χ3v) is 11.5. The molecule has 9 rings (SSSR count). The third-order valence-electron chi connectivity index (χ3n) is 11.5. The van der Waals surface area contributed by atoms with Crippen molar-refractivity contribution in [2.24, 2.45) is 0 Å². The Labute approximate surface area is 281 Å². The van der Waals surface area contributed by atoms with E-state index in [2.05, 4.69) is 31.0 Å². The Morgan fingerprint density at radius 2 is 2.04 bits per heavy atom. The zero-order valence-corrected chi connectivity index (χ0v) is 27.0. The lowest BCUT2D eigenvalue weighted by Gasteiger charge is -2.45. The van der Waals surface area contributed by atoms with E-state index in [1.54, 1.807) is 0 Å². The standard InChI is InChI=1S/C37H37F3N6O3/c1-2-25-28(39)7-6-21-13-24(47)14-26(30(21)25)32-31(40)33-27(16-41-32)34(45-18-23-8-10-37(19-45,44-23)29-5-3-12-48-29)43-35(42-33)49-20-36-9-4-11-46(36)17-22(38)15-36/h1,6-7,13-14,16,22-23,29,44,47H,3-5,8-12,15,17-20H2/t22-,23+,29-,36+,37-/m1/s1. The van der Waals surface area contributed by atoms with Crippen LogP contribution < -0.4 is 15.0 Å². The number of phenols is 1. The first-order valence-electron chi connectivity index (χ1n) is 17.2. The van der Waals surface area contributed by atoms with Crippen LogP contribution >= 0.6 is 0 Å². The Morgan fingerprint density at radius 1 is 1.14 bits per heavy atom. The van der Waals surface area contributed by atoms with E-state index in [1.165, 1.54) is 30.5 Å². The first-order chi connectivity index (χ1) is 23.8. The average molecular weight is 671 g/mol. The molecule has 5 aliphatic heterocycles. The van der Waals surface area contributed by atoms with Gasteiger partial charge in [0.1, 0.15) is 41.4 Å². The number of alkyl halides is 1. The van der Waals surface area contributed by atoms with Gasteiger partial charge in [-0.1, -0.05) is 12.0 Å². The van der Waals surface area contributed by atoms with E-state index in [1.807, 2.05) is 0 Å². The van der Waals surface area contributed by atoms with Gasteiger partial charge in [0.2, 0.25) is 0 Å². The molecule has 254 valence electrons. The van der Waals surface area contributed by atoms with Crippen molar-refractivity contribution < 1.29 is 27.8 Å². The van der Waals surface area contributed by atoms with Gasteiger partial charge in [0, 0.05) is 55.9 Å². The van der Waals surface area contributed by atoms with Crippen LogP contribution in [0.3, 0.4) is 0 Å². The second-order valence-corrected chi connectivity index (χ2v) is 14.5. The predicted molar refractivity (Wildman–Crippen MR) is 178 cm³/mol. The Hall–Kier alpha value is -4.18. The number of terminal acetylenes is 1. The summed E-state index contributed by atoms with van der Waals surface area (Å²) in [5, 5.41) is 15.5. The van der Waals surface area contributed by atoms with E-state index in [0.29, 0.717) is 42.6 Å². The Bertz CT molecular complexity index is 2040. The van der Waals surface area contributed by atoms with Gasteiger partial charge in [-0.15, -0.1) is 6.42 Å². The molecule has 5 fully saturated rings. The zero-order chi connectivity index (χ0) is 33.5. The first-order valence-corrected chi connectivity index (χ1v) is 17.2. The van der Waals surface area contributed by atoms with Gasteiger partial charge in [0.05, 0.1) is 28.1 Å². The van der Waals surface area contributed by atoms with Crippen molar-refractivity contribution in [3.8, 4) is 35.4 Å². The quantitative estimate of drug-likeness (QED) is 0.267. The van der Waals surface area contributed by atoms with Crippen LogP contribution in [0.4, 0.5) is 19.0 Å². The molecule has 9 nitrogen and oxygen atoms in total. The Kier molecular flexibility index (Phi) is 7.20. The van der Waals surface area contributed by atoms with Crippen LogP contribution in [0, 0.1) is 24.0 Å². The van der Waals surface area contributed by atoms with E-state index < -0.39 is 23.3 Å². The average Bonchev–Trinajstić information content (AvgIpc) is 3.88. The molecular formula is C37H37F3N6O3. The summed E-state index contributed by atoms with van der Waals surface area (Å²) in [5.41, 5.74) is -0.786. The SMILES string of the molecule is C#Cc1c(F)ccc2cc(O)cc(-c3ncc4c(N5C[C@@H]6CC[C@]([C@H]7CCCO7)(C5)N6)nc(OC[C@@]56CCCN5C[C@H](F)C6)nc4c3F)c12. The van der Waals surface area contributed by atoms with E-state index in [9.17, 15) is 13.9 Å². The maximum Gasteiger partial charge on any atom is 0.319 e. The van der Waals surface area contributed by atoms with E-state index in [0.717, 1.165) is 51.7 Å². The second-order valence-electron chi connectivity index (χ2n) is 14.5. The summed E-state index contributed by atoms with van der Waals surface area (Å²) in [5.74, 6) is 1.32. The lowest BCUT2D eigenvalue weighted by molar-refractivity contribution is 0.0326. The summed E-state index contributed by atoms with van der Waals surface area (Å²) in [6.07, 6.45) is 12.4. The maximum atomic E-state index is 17.0. The molecule has 0 aliphatic carbocycles. The highest BCUT2D eigenvalue weighted by atomic mass is 19.1. The molecule has 5 atom stereocenters. The Balaban J connectivity index is 1.19. The van der Waals surface area contributed by atoms with E-state index in [4.69, 9.17) is 20.9 Å². The number of aromatic hydroxyl groups is 1. The minimum Gasteiger partial charge on any atom is -0.508 e. The number of benzene rings is 2. The number of pyridine rings is 1. The van der Waals surface area contributed by atoms with Crippen LogP contribution in [0.15, 0.2) is 30.5 Å². The van der Waals surface area contributed by atoms with Crippen LogP contribution in [0.2, 0.25) is 0 Å². The topological polar surface area (TPSA) is 95.9 Å². The normalized spacial score (nSPS) is 29.6. The van der Waals surface area contributed by atoms with Gasteiger partial charge in [-0.2, -0.15) is 9.97 Å². The largest absolute Gasteiger partial charge is 0.508 e. The maximum absolute atomic E-state index is 17.0. The number of hydrogen-bond acceptors (Lipinski definition) is 9. The molecule has 0 spiro atoms. The van der Waals surface area contributed by atoms with Crippen molar-refractivity contribution in [3.63, 3.8) is 0 Å². The fourth-order valence-electron chi connectivity index (χ4n) is 9.36. The van der Waals surface area contributed by atoms with Crippen molar-refractivity contribution in [2.45, 2.75) is 74.3 Å². The fourth-order valence-corrected chi connectivity index (χ4v) is 9.36. The number of rotatable bonds is 6. The van der Waals surface area contributed by atoms with Gasteiger partial charge in [0.25, 0.3) is 0 Å². The number of hydrogen-bond donors (Lipinski definition) is 2. The minimum absolute atomic E-state index is 0.00439. The molecule has 0 radical (unpaired) electrons. The molecule has 0 unspecified atom stereocenters. The number of phenolic OH excluding ortho intramolecular Hbond substituents is 1. The lowest BCUT2D eigenvalue weighted by Crippen LogP contribution is -2.65. The van der Waals surface area contributed by atoms with Gasteiger partial charge >= 0.3 is 6.01 Å². The van der Waals surface area contributed by atoms with Crippen LogP contribution in [0.25, 0.3) is 32.9 Å². The molecule has 2 aromatic heterocycles. The number of halogens is 3. The highest BCUT2D eigenvalue weighted by molar-refractivity contribution is 6.03. The van der Waals surface area contributed by atoms with Crippen LogP contribution in [0.5, 0.6) is 11.8 Å². The number of nitrogens with one attached hydrogen (secondary N) is 1. The molecular weight excluding hydrogens is 633 g/mol. The van der Waals surface area contributed by atoms with Gasteiger partial charge in [-0.3, -0.25) is 9.88 Å². The number of piperazine rings is 1. The zero-order valence-electron chi connectivity index (χ0n) is 27.0. The van der Waals surface area contributed by atoms with Crippen LogP contribution in [-0.4, -0.2) is 93.7 Å². The van der Waals surface area contributed by atoms with Crippen molar-refractivity contribution >= 4 is 27.5 Å². The van der Waals surface area contributed by atoms with Crippen LogP contribution in [-0.2, 0) is 4.74 Å². The Morgan fingerprint density at radius 3 is 2.88 bits per heavy atom. The third kappa shape index (κ3) is 4.92. The summed E-state index contributed by atoms with van der Waals surface area (Å²) in [6.45, 7) is 3.35. The molecule has 5 saturated heterocycles. The first kappa shape index (κ1) is 30.8. The van der Waals surface area contributed by atoms with Gasteiger partial charge in [-0.25, -0.2) is 13.2 Å². The van der Waals surface area contributed by atoms with Crippen molar-refractivity contribution in [1.29, 1.82) is 0 Å². The summed E-state index contributed by atoms with van der Waals surface area (Å²) < 4.78 is 59.0. The number of nitrogens with zero attached hydrogens (tertiary/aromatic N) is 5. The summed E-state index contributed by atoms with van der Waals surface area (Å²) in [6, 6.07) is 5.68. The fraction of sp³-hybridized carbons (Fsp3) is 0.486. The van der Waals surface area contributed by atoms with Gasteiger partial charge < -0.3 is 24.8 Å². The summed E-state index contributed by atoms with van der Waals surface area (Å²) in [4.78, 5) is 18.4. The number of aromatic nitrogens is 3. The molecule has 49 heavy (non-hydrogen) atoms. The van der Waals surface area contributed by atoms with Gasteiger partial charge in [-0.05, 0) is 68.7 Å². The van der Waals surface area contributed by atoms with Crippen molar-refractivity contribution in [3.05, 3.63) is 47.7 Å². The number of anilines is 1. The van der Waals surface area contributed by atoms with Crippen LogP contribution in [0.1, 0.15) is 50.5 Å². The molecule has 4 aromatic rings. The van der Waals surface area contributed by atoms with Crippen molar-refractivity contribution in [1.82, 2.24) is 25.2 Å². The van der Waals surface area contributed by atoms with E-state index >= 15 is 4.39 Å². The van der Waals surface area contributed by atoms with Gasteiger partial charge in [0.15, 0.2) is 5.82 Å². The molecule has 0 saturated carbocycles. The molecule has 12 heteroatoms. The molecule has 5 aliphatic rings. The highest BCUT2D eigenvalue weighted by Crippen LogP contribution is 2.44. The summed E-state index contributed by atoms with van der Waals surface area (Å²) in [7, 11) is 0. The minimum atomic E-state index is -0.928. The highest BCUT2D eigenvalue weighted by Gasteiger charge is 2.52. The molecule has 0 amide bonds. The summed E-state index contributed by atoms with van der Waals surface area (Å²) >= 11 is 0. The smallest absolute Gasteiger partial charge is 0.319 e. The monoisotopic (exact) mass is 670 g/mol. The number of ether oxygens (including phenoxy) is 2. The van der Waals surface area contributed by atoms with E-state index in [-0.39, 0.29) is 63.8 Å². The number of fused-ring (bicyclic) bond motifs is 5. The molecule has 2 bridgehead atoms.